The summed E-state index contributed by atoms with van der Waals surface area (Å²) in [5.74, 6) is -0.0530. The third-order valence-corrected chi connectivity index (χ3v) is 5.67. The van der Waals surface area contributed by atoms with Gasteiger partial charge in [0.1, 0.15) is 17.6 Å². The van der Waals surface area contributed by atoms with Crippen LogP contribution in [0, 0.1) is 0 Å². The fourth-order valence-corrected chi connectivity index (χ4v) is 4.23. The molecule has 6 nitrogen and oxygen atoms in total. The molecule has 1 saturated heterocycles. The number of fused-ring (bicyclic) bond motifs is 3. The Balaban J connectivity index is 1.40. The molecule has 0 bridgehead atoms. The Labute approximate surface area is 167 Å². The first-order valence-electron chi connectivity index (χ1n) is 9.91. The highest BCUT2D eigenvalue weighted by Crippen LogP contribution is 2.24. The van der Waals surface area contributed by atoms with Crippen LogP contribution in [-0.4, -0.2) is 32.9 Å². The van der Waals surface area contributed by atoms with E-state index < -0.39 is 0 Å². The molecule has 0 saturated carbocycles. The molecule has 146 valence electrons. The van der Waals surface area contributed by atoms with E-state index in [2.05, 4.69) is 17.1 Å². The molecule has 0 aliphatic carbocycles. The molecule has 1 atom stereocenters. The zero-order chi connectivity index (χ0) is 19.8. The van der Waals surface area contributed by atoms with Crippen LogP contribution in [0.5, 0.6) is 0 Å². The molecule has 1 aliphatic heterocycles. The number of amides is 1. The van der Waals surface area contributed by atoms with Crippen LogP contribution in [0.4, 0.5) is 0 Å². The Kier molecular flexibility index (Phi) is 4.39. The first kappa shape index (κ1) is 17.7. The van der Waals surface area contributed by atoms with Crippen LogP contribution in [0.1, 0.15) is 18.4 Å². The molecule has 2 aromatic carbocycles. The van der Waals surface area contributed by atoms with Crippen molar-refractivity contribution in [1.82, 2.24) is 14.5 Å². The van der Waals surface area contributed by atoms with Gasteiger partial charge in [0, 0.05) is 18.0 Å². The Bertz CT molecular complexity index is 1240. The van der Waals surface area contributed by atoms with E-state index in [-0.39, 0.29) is 29.6 Å². The van der Waals surface area contributed by atoms with Crippen molar-refractivity contribution >= 4 is 28.0 Å². The van der Waals surface area contributed by atoms with E-state index in [9.17, 15) is 9.59 Å². The number of benzene rings is 2. The molecule has 0 radical (unpaired) electrons. The van der Waals surface area contributed by atoms with Gasteiger partial charge in [-0.25, -0.2) is 4.98 Å². The lowest BCUT2D eigenvalue weighted by Gasteiger charge is -2.25. The lowest BCUT2D eigenvalue weighted by molar-refractivity contribution is -0.132. The molecule has 5 rings (SSSR count). The molecule has 0 spiro atoms. The van der Waals surface area contributed by atoms with Gasteiger partial charge in [0.15, 0.2) is 0 Å². The zero-order valence-corrected chi connectivity index (χ0v) is 16.0. The summed E-state index contributed by atoms with van der Waals surface area (Å²) in [6.07, 6.45) is 4.25. The maximum atomic E-state index is 13.0. The van der Waals surface area contributed by atoms with Gasteiger partial charge in [0.05, 0.1) is 6.33 Å². The summed E-state index contributed by atoms with van der Waals surface area (Å²) in [6, 6.07) is 17.8. The van der Waals surface area contributed by atoms with E-state index in [1.54, 1.807) is 0 Å². The van der Waals surface area contributed by atoms with Crippen LogP contribution in [0.2, 0.25) is 0 Å². The second-order valence-corrected chi connectivity index (χ2v) is 7.53. The number of carbonyl (C=O) groups excluding carboxylic acids is 1. The maximum Gasteiger partial charge on any atom is 0.297 e. The van der Waals surface area contributed by atoms with Gasteiger partial charge < -0.3 is 9.32 Å². The second-order valence-electron chi connectivity index (χ2n) is 7.53. The minimum absolute atomic E-state index is 0.0237. The first-order valence-corrected chi connectivity index (χ1v) is 9.91. The molecule has 2 aromatic heterocycles. The van der Waals surface area contributed by atoms with Crippen LogP contribution >= 0.6 is 0 Å². The molecule has 0 N–H and O–H groups in total. The van der Waals surface area contributed by atoms with E-state index in [0.29, 0.717) is 11.1 Å². The smallest absolute Gasteiger partial charge is 0.297 e. The minimum atomic E-state index is -0.321. The highest BCUT2D eigenvalue weighted by atomic mass is 16.3. The molecule has 29 heavy (non-hydrogen) atoms. The van der Waals surface area contributed by atoms with Gasteiger partial charge in [-0.05, 0) is 37.0 Å². The highest BCUT2D eigenvalue weighted by Gasteiger charge is 2.29. The van der Waals surface area contributed by atoms with Crippen molar-refractivity contribution in [2.24, 2.45) is 0 Å². The fraction of sp³-hybridized carbons (Fsp3) is 0.261. The summed E-state index contributed by atoms with van der Waals surface area (Å²) in [6.45, 7) is 0.704. The van der Waals surface area contributed by atoms with Crippen molar-refractivity contribution in [3.05, 3.63) is 76.8 Å². The van der Waals surface area contributed by atoms with Crippen LogP contribution in [-0.2, 0) is 17.8 Å². The monoisotopic (exact) mass is 387 g/mol. The number of carbonyl (C=O) groups is 1. The number of nitrogens with zero attached hydrogens (tertiary/aromatic N) is 3. The van der Waals surface area contributed by atoms with E-state index >= 15 is 0 Å². The summed E-state index contributed by atoms with van der Waals surface area (Å²) in [7, 11) is 0. The second kappa shape index (κ2) is 7.20. The lowest BCUT2D eigenvalue weighted by Crippen LogP contribution is -2.40. The predicted molar refractivity (Wildman–Crippen MR) is 111 cm³/mol. The molecule has 1 aliphatic rings. The quantitative estimate of drug-likeness (QED) is 0.538. The van der Waals surface area contributed by atoms with Crippen molar-refractivity contribution in [1.29, 1.82) is 0 Å². The largest absolute Gasteiger partial charge is 0.448 e. The Morgan fingerprint density at radius 1 is 1.10 bits per heavy atom. The van der Waals surface area contributed by atoms with Gasteiger partial charge >= 0.3 is 0 Å². The number of hydrogen-bond donors (Lipinski definition) is 0. The van der Waals surface area contributed by atoms with Crippen LogP contribution in [0.25, 0.3) is 22.1 Å². The molecule has 1 amide bonds. The molecule has 6 heteroatoms. The van der Waals surface area contributed by atoms with Gasteiger partial charge in [-0.2, -0.15) is 0 Å². The lowest BCUT2D eigenvalue weighted by atomic mass is 10.0. The molecular formula is C23H21N3O3. The number of para-hydroxylation sites is 1. The van der Waals surface area contributed by atoms with Crippen LogP contribution in [0.15, 0.2) is 70.1 Å². The van der Waals surface area contributed by atoms with Gasteiger partial charge in [0.2, 0.25) is 11.5 Å². The minimum Gasteiger partial charge on any atom is -0.448 e. The average molecular weight is 387 g/mol. The fourth-order valence-electron chi connectivity index (χ4n) is 4.23. The van der Waals surface area contributed by atoms with Gasteiger partial charge in [-0.1, -0.05) is 42.5 Å². The third-order valence-electron chi connectivity index (χ3n) is 5.67. The first-order chi connectivity index (χ1) is 14.2. The predicted octanol–water partition coefficient (Wildman–Crippen LogP) is 3.38. The number of furan rings is 1. The van der Waals surface area contributed by atoms with Crippen LogP contribution in [0.3, 0.4) is 0 Å². The van der Waals surface area contributed by atoms with E-state index in [0.717, 1.165) is 31.2 Å². The van der Waals surface area contributed by atoms with E-state index in [1.165, 1.54) is 16.5 Å². The number of aromatic nitrogens is 2. The normalized spacial score (nSPS) is 16.7. The number of rotatable bonds is 4. The molecule has 1 fully saturated rings. The SMILES string of the molecule is O=C(Cn1cnc2c(oc3ccccc32)c1=O)N1CCCC1Cc1ccccc1. The van der Waals surface area contributed by atoms with Gasteiger partial charge in [-0.15, -0.1) is 0 Å². The highest BCUT2D eigenvalue weighted by molar-refractivity contribution is 6.01. The summed E-state index contributed by atoms with van der Waals surface area (Å²) >= 11 is 0. The average Bonchev–Trinajstić information content (AvgIpc) is 3.36. The van der Waals surface area contributed by atoms with Crippen molar-refractivity contribution < 1.29 is 9.21 Å². The van der Waals surface area contributed by atoms with Gasteiger partial charge in [0.25, 0.3) is 5.56 Å². The molecule has 3 heterocycles. The zero-order valence-electron chi connectivity index (χ0n) is 16.0. The third kappa shape index (κ3) is 3.20. The summed E-state index contributed by atoms with van der Waals surface area (Å²) in [5, 5.41) is 0.806. The maximum absolute atomic E-state index is 13.0. The van der Waals surface area contributed by atoms with E-state index in [1.807, 2.05) is 47.4 Å². The number of hydrogen-bond acceptors (Lipinski definition) is 4. The Morgan fingerprint density at radius 2 is 1.90 bits per heavy atom. The van der Waals surface area contributed by atoms with E-state index in [4.69, 9.17) is 4.42 Å². The van der Waals surface area contributed by atoms with Crippen molar-refractivity contribution in [2.45, 2.75) is 31.8 Å². The number of likely N-dealkylation sites (tertiary alicyclic amines) is 1. The summed E-state index contributed by atoms with van der Waals surface area (Å²) in [5.41, 5.74) is 2.26. The summed E-state index contributed by atoms with van der Waals surface area (Å²) in [4.78, 5) is 32.2. The van der Waals surface area contributed by atoms with Crippen LogP contribution < -0.4 is 5.56 Å². The summed E-state index contributed by atoms with van der Waals surface area (Å²) < 4.78 is 7.06. The molecule has 4 aromatic rings. The topological polar surface area (TPSA) is 68.3 Å². The van der Waals surface area contributed by atoms with Crippen molar-refractivity contribution in [2.75, 3.05) is 6.54 Å². The van der Waals surface area contributed by atoms with Crippen molar-refractivity contribution in [3.8, 4) is 0 Å². The molecule has 1 unspecified atom stereocenters. The Hall–Kier alpha value is -3.41. The van der Waals surface area contributed by atoms with Crippen molar-refractivity contribution in [3.63, 3.8) is 0 Å². The van der Waals surface area contributed by atoms with Gasteiger partial charge in [-0.3, -0.25) is 14.2 Å². The standard InChI is InChI=1S/C23H21N3O3/c27-20(26-12-6-9-17(26)13-16-7-2-1-3-8-16)14-25-15-24-21-18-10-4-5-11-19(18)29-22(21)23(25)28/h1-5,7-8,10-11,15,17H,6,9,12-14H2. The Morgan fingerprint density at radius 3 is 2.76 bits per heavy atom. The molecular weight excluding hydrogens is 366 g/mol.